The molecule has 102 valence electrons. The molecule has 2 aromatic rings. The number of aryl methyl sites for hydroxylation is 1. The average Bonchev–Trinajstić information content (AvgIpc) is 2.41. The number of carboxylic acids is 2. The van der Waals surface area contributed by atoms with Gasteiger partial charge in [-0.2, -0.15) is 0 Å². The van der Waals surface area contributed by atoms with Gasteiger partial charge >= 0.3 is 11.9 Å². The van der Waals surface area contributed by atoms with Gasteiger partial charge in [-0.1, -0.05) is 29.8 Å². The minimum Gasteiger partial charge on any atom is -0.478 e. The van der Waals surface area contributed by atoms with E-state index in [-0.39, 0.29) is 11.1 Å². The molecule has 0 aromatic heterocycles. The predicted octanol–water partition coefficient (Wildman–Crippen LogP) is 2.98. The van der Waals surface area contributed by atoms with Crippen LogP contribution in [0, 0.1) is 6.92 Å². The SMILES string of the molecule is Cc1ccc(Cc2cc(C(=O)O)ccc2C(=O)O)cc1. The highest BCUT2D eigenvalue weighted by Crippen LogP contribution is 2.17. The van der Waals surface area contributed by atoms with Crippen molar-refractivity contribution in [1.29, 1.82) is 0 Å². The molecule has 0 spiro atoms. The van der Waals surface area contributed by atoms with E-state index in [0.717, 1.165) is 11.1 Å². The van der Waals surface area contributed by atoms with Crippen molar-refractivity contribution < 1.29 is 19.8 Å². The van der Waals surface area contributed by atoms with Gasteiger partial charge in [-0.05, 0) is 42.7 Å². The highest BCUT2D eigenvalue weighted by molar-refractivity contribution is 5.93. The molecule has 0 bridgehead atoms. The van der Waals surface area contributed by atoms with Crippen molar-refractivity contribution in [3.8, 4) is 0 Å². The van der Waals surface area contributed by atoms with E-state index in [4.69, 9.17) is 10.2 Å². The van der Waals surface area contributed by atoms with Crippen LogP contribution < -0.4 is 0 Å². The van der Waals surface area contributed by atoms with Crippen LogP contribution >= 0.6 is 0 Å². The minimum absolute atomic E-state index is 0.0945. The van der Waals surface area contributed by atoms with E-state index in [1.54, 1.807) is 0 Å². The molecular weight excluding hydrogens is 256 g/mol. The van der Waals surface area contributed by atoms with E-state index in [1.807, 2.05) is 31.2 Å². The summed E-state index contributed by atoms with van der Waals surface area (Å²) >= 11 is 0. The van der Waals surface area contributed by atoms with Crippen LogP contribution in [0.25, 0.3) is 0 Å². The van der Waals surface area contributed by atoms with Crippen LogP contribution in [-0.2, 0) is 6.42 Å². The molecule has 0 aliphatic rings. The summed E-state index contributed by atoms with van der Waals surface area (Å²) in [6, 6.07) is 11.8. The highest BCUT2D eigenvalue weighted by Gasteiger charge is 2.13. The number of aromatic carboxylic acids is 2. The molecule has 0 unspecified atom stereocenters. The van der Waals surface area contributed by atoms with Crippen molar-refractivity contribution in [1.82, 2.24) is 0 Å². The molecule has 0 heterocycles. The summed E-state index contributed by atoms with van der Waals surface area (Å²) in [6.07, 6.45) is 0.392. The quantitative estimate of drug-likeness (QED) is 0.895. The Labute approximate surface area is 116 Å². The van der Waals surface area contributed by atoms with Gasteiger partial charge in [0, 0.05) is 0 Å². The van der Waals surface area contributed by atoms with Crippen molar-refractivity contribution in [2.24, 2.45) is 0 Å². The highest BCUT2D eigenvalue weighted by atomic mass is 16.4. The van der Waals surface area contributed by atoms with Crippen LogP contribution in [0.1, 0.15) is 37.4 Å². The zero-order valence-corrected chi connectivity index (χ0v) is 11.0. The fraction of sp³-hybridized carbons (Fsp3) is 0.125. The molecule has 0 amide bonds. The van der Waals surface area contributed by atoms with Crippen LogP contribution in [0.2, 0.25) is 0 Å². The van der Waals surface area contributed by atoms with E-state index >= 15 is 0 Å². The number of benzene rings is 2. The standard InChI is InChI=1S/C16H14O4/c1-10-2-4-11(5-3-10)8-13-9-12(15(17)18)6-7-14(13)16(19)20/h2-7,9H,8H2,1H3,(H,17,18)(H,19,20). The third-order valence-corrected chi connectivity index (χ3v) is 3.10. The maximum Gasteiger partial charge on any atom is 0.335 e. The topological polar surface area (TPSA) is 74.6 Å². The number of carboxylic acid groups (broad SMARTS) is 2. The molecule has 0 saturated heterocycles. The van der Waals surface area contributed by atoms with Crippen LogP contribution in [0.5, 0.6) is 0 Å². The molecule has 0 fully saturated rings. The van der Waals surface area contributed by atoms with Gasteiger partial charge in [0.15, 0.2) is 0 Å². The smallest absolute Gasteiger partial charge is 0.335 e. The Hall–Kier alpha value is -2.62. The monoisotopic (exact) mass is 270 g/mol. The van der Waals surface area contributed by atoms with E-state index in [0.29, 0.717) is 12.0 Å². The molecule has 0 atom stereocenters. The Morgan fingerprint density at radius 3 is 2.15 bits per heavy atom. The Morgan fingerprint density at radius 2 is 1.60 bits per heavy atom. The predicted molar refractivity (Wildman–Crippen MR) is 74.3 cm³/mol. The average molecular weight is 270 g/mol. The first-order valence-electron chi connectivity index (χ1n) is 6.12. The van der Waals surface area contributed by atoms with Gasteiger partial charge in [-0.3, -0.25) is 0 Å². The Balaban J connectivity index is 2.41. The molecule has 4 heteroatoms. The molecule has 2 rings (SSSR count). The second kappa shape index (κ2) is 5.57. The fourth-order valence-electron chi connectivity index (χ4n) is 2.01. The van der Waals surface area contributed by atoms with Gasteiger partial charge in [-0.25, -0.2) is 9.59 Å². The molecule has 2 aromatic carbocycles. The lowest BCUT2D eigenvalue weighted by atomic mass is 9.97. The largest absolute Gasteiger partial charge is 0.478 e. The van der Waals surface area contributed by atoms with Gasteiger partial charge < -0.3 is 10.2 Å². The molecule has 0 saturated carbocycles. The third kappa shape index (κ3) is 3.03. The minimum atomic E-state index is -1.06. The molecule has 4 nitrogen and oxygen atoms in total. The number of carbonyl (C=O) groups is 2. The first-order valence-corrected chi connectivity index (χ1v) is 6.12. The number of hydrogen-bond donors (Lipinski definition) is 2. The summed E-state index contributed by atoms with van der Waals surface area (Å²) in [6.45, 7) is 1.97. The van der Waals surface area contributed by atoms with E-state index in [1.165, 1.54) is 18.2 Å². The normalized spacial score (nSPS) is 10.2. The second-order valence-electron chi connectivity index (χ2n) is 4.64. The molecular formula is C16H14O4. The van der Waals surface area contributed by atoms with E-state index in [2.05, 4.69) is 0 Å². The first kappa shape index (κ1) is 13.8. The second-order valence-corrected chi connectivity index (χ2v) is 4.64. The van der Waals surface area contributed by atoms with Crippen molar-refractivity contribution in [2.75, 3.05) is 0 Å². The lowest BCUT2D eigenvalue weighted by Gasteiger charge is -2.08. The van der Waals surface area contributed by atoms with Gasteiger partial charge in [-0.15, -0.1) is 0 Å². The summed E-state index contributed by atoms with van der Waals surface area (Å²) in [7, 11) is 0. The van der Waals surface area contributed by atoms with Crippen molar-refractivity contribution in [2.45, 2.75) is 13.3 Å². The lowest BCUT2D eigenvalue weighted by molar-refractivity contribution is 0.0680. The van der Waals surface area contributed by atoms with E-state index < -0.39 is 11.9 Å². The first-order chi connectivity index (χ1) is 9.47. The van der Waals surface area contributed by atoms with Crippen molar-refractivity contribution in [3.05, 3.63) is 70.3 Å². The van der Waals surface area contributed by atoms with Gasteiger partial charge in [0.2, 0.25) is 0 Å². The maximum atomic E-state index is 11.2. The van der Waals surface area contributed by atoms with Gasteiger partial charge in [0.25, 0.3) is 0 Å². The summed E-state index contributed by atoms with van der Waals surface area (Å²) in [5.74, 6) is -2.11. The molecule has 0 aliphatic heterocycles. The summed E-state index contributed by atoms with van der Waals surface area (Å²) in [5, 5.41) is 18.2. The Morgan fingerprint density at radius 1 is 0.950 bits per heavy atom. The van der Waals surface area contributed by atoms with Crippen LogP contribution in [-0.4, -0.2) is 22.2 Å². The summed E-state index contributed by atoms with van der Waals surface area (Å²) in [5.41, 5.74) is 2.79. The zero-order chi connectivity index (χ0) is 14.7. The molecule has 2 N–H and O–H groups in total. The number of rotatable bonds is 4. The van der Waals surface area contributed by atoms with Crippen LogP contribution in [0.15, 0.2) is 42.5 Å². The van der Waals surface area contributed by atoms with E-state index in [9.17, 15) is 9.59 Å². The third-order valence-electron chi connectivity index (χ3n) is 3.10. The number of hydrogen-bond acceptors (Lipinski definition) is 2. The van der Waals surface area contributed by atoms with Crippen molar-refractivity contribution >= 4 is 11.9 Å². The molecule has 0 radical (unpaired) electrons. The van der Waals surface area contributed by atoms with Crippen molar-refractivity contribution in [3.63, 3.8) is 0 Å². The lowest BCUT2D eigenvalue weighted by Crippen LogP contribution is -2.06. The fourth-order valence-corrected chi connectivity index (χ4v) is 2.01. The van der Waals surface area contributed by atoms with Gasteiger partial charge in [0.1, 0.15) is 0 Å². The van der Waals surface area contributed by atoms with Crippen LogP contribution in [0.3, 0.4) is 0 Å². The molecule has 20 heavy (non-hydrogen) atoms. The molecule has 0 aliphatic carbocycles. The zero-order valence-electron chi connectivity index (χ0n) is 11.0. The Kier molecular flexibility index (Phi) is 3.84. The van der Waals surface area contributed by atoms with Gasteiger partial charge in [0.05, 0.1) is 11.1 Å². The Bertz CT molecular complexity index is 657. The summed E-state index contributed by atoms with van der Waals surface area (Å²) in [4.78, 5) is 22.2. The summed E-state index contributed by atoms with van der Waals surface area (Å²) < 4.78 is 0. The van der Waals surface area contributed by atoms with Crippen LogP contribution in [0.4, 0.5) is 0 Å². The maximum absolute atomic E-state index is 11.2.